The van der Waals surface area contributed by atoms with E-state index in [0.717, 1.165) is 20.9 Å². The first kappa shape index (κ1) is 12.1. The maximum absolute atomic E-state index is 9.03. The average molecular weight is 308 g/mol. The second-order valence-electron chi connectivity index (χ2n) is 3.67. The van der Waals surface area contributed by atoms with Crippen LogP contribution < -0.4 is 5.32 Å². The molecule has 0 saturated heterocycles. The molecular formula is C12H10BrN3S. The van der Waals surface area contributed by atoms with Gasteiger partial charge in [-0.15, -0.1) is 0 Å². The summed E-state index contributed by atoms with van der Waals surface area (Å²) in [5.41, 5.74) is 3.51. The third-order valence-corrected chi connectivity index (χ3v) is 4.11. The lowest BCUT2D eigenvalue weighted by molar-refractivity contribution is 1.31. The second-order valence-corrected chi connectivity index (χ2v) is 5.30. The summed E-state index contributed by atoms with van der Waals surface area (Å²) in [5.74, 6) is 0. The van der Waals surface area contributed by atoms with Crippen LogP contribution in [0.3, 0.4) is 0 Å². The molecule has 1 N–H and O–H groups in total. The van der Waals surface area contributed by atoms with Crippen LogP contribution in [0.1, 0.15) is 16.8 Å². The van der Waals surface area contributed by atoms with Gasteiger partial charge >= 0.3 is 0 Å². The quantitative estimate of drug-likeness (QED) is 0.907. The van der Waals surface area contributed by atoms with E-state index in [0.29, 0.717) is 5.56 Å². The molecule has 86 valence electrons. The van der Waals surface area contributed by atoms with Gasteiger partial charge in [0.15, 0.2) is 0 Å². The highest BCUT2D eigenvalue weighted by Gasteiger charge is 2.10. The van der Waals surface area contributed by atoms with Gasteiger partial charge in [0.1, 0.15) is 16.6 Å². The van der Waals surface area contributed by atoms with Gasteiger partial charge in [0.2, 0.25) is 0 Å². The Kier molecular flexibility index (Phi) is 3.46. The molecule has 0 aliphatic rings. The van der Waals surface area contributed by atoms with E-state index >= 15 is 0 Å². The van der Waals surface area contributed by atoms with Crippen molar-refractivity contribution in [2.24, 2.45) is 0 Å². The van der Waals surface area contributed by atoms with E-state index in [-0.39, 0.29) is 0 Å². The number of halogens is 1. The molecule has 0 fully saturated rings. The van der Waals surface area contributed by atoms with E-state index in [1.165, 1.54) is 17.1 Å². The van der Waals surface area contributed by atoms with Gasteiger partial charge < -0.3 is 5.32 Å². The van der Waals surface area contributed by atoms with E-state index in [2.05, 4.69) is 31.7 Å². The zero-order chi connectivity index (χ0) is 12.4. The fourth-order valence-electron chi connectivity index (χ4n) is 1.39. The number of nitrogens with zero attached hydrogens (tertiary/aromatic N) is 2. The molecule has 2 aromatic rings. The monoisotopic (exact) mass is 307 g/mol. The number of aromatic nitrogens is 1. The summed E-state index contributed by atoms with van der Waals surface area (Å²) in [6.45, 7) is 3.87. The Hall–Kier alpha value is -1.38. The van der Waals surface area contributed by atoms with Crippen molar-refractivity contribution < 1.29 is 0 Å². The maximum Gasteiger partial charge on any atom is 0.132 e. The van der Waals surface area contributed by atoms with E-state index in [4.69, 9.17) is 5.26 Å². The highest BCUT2D eigenvalue weighted by atomic mass is 79.9. The summed E-state index contributed by atoms with van der Waals surface area (Å²) in [7, 11) is 0. The van der Waals surface area contributed by atoms with Crippen LogP contribution in [-0.2, 0) is 0 Å². The smallest absolute Gasteiger partial charge is 0.132 e. The fraction of sp³-hybridized carbons (Fsp3) is 0.167. The number of aryl methyl sites for hydroxylation is 2. The van der Waals surface area contributed by atoms with Gasteiger partial charge in [-0.3, -0.25) is 0 Å². The van der Waals surface area contributed by atoms with Crippen molar-refractivity contribution in [2.75, 3.05) is 5.32 Å². The summed E-state index contributed by atoms with van der Waals surface area (Å²) in [6, 6.07) is 8.16. The highest BCUT2D eigenvalue weighted by molar-refractivity contribution is 9.10. The Morgan fingerprint density at radius 2 is 2.18 bits per heavy atom. The Morgan fingerprint density at radius 3 is 2.82 bits per heavy atom. The molecule has 0 bridgehead atoms. The number of nitriles is 1. The summed E-state index contributed by atoms with van der Waals surface area (Å²) in [6.07, 6.45) is 0. The molecule has 0 aliphatic heterocycles. The Labute approximate surface area is 112 Å². The van der Waals surface area contributed by atoms with Crippen LogP contribution in [-0.4, -0.2) is 4.37 Å². The lowest BCUT2D eigenvalue weighted by Crippen LogP contribution is -1.91. The van der Waals surface area contributed by atoms with Crippen molar-refractivity contribution in [3.63, 3.8) is 0 Å². The van der Waals surface area contributed by atoms with Crippen LogP contribution in [0.4, 0.5) is 10.7 Å². The first-order valence-electron chi connectivity index (χ1n) is 5.01. The molecular weight excluding hydrogens is 298 g/mol. The van der Waals surface area contributed by atoms with Crippen LogP contribution in [0.15, 0.2) is 22.7 Å². The predicted molar refractivity (Wildman–Crippen MR) is 73.7 cm³/mol. The van der Waals surface area contributed by atoms with Crippen LogP contribution in [0, 0.1) is 25.2 Å². The van der Waals surface area contributed by atoms with Crippen molar-refractivity contribution in [3.8, 4) is 6.07 Å². The molecule has 1 aromatic heterocycles. The summed E-state index contributed by atoms with van der Waals surface area (Å²) >= 11 is 4.79. The zero-order valence-corrected chi connectivity index (χ0v) is 11.8. The molecule has 1 heterocycles. The molecule has 5 heteroatoms. The van der Waals surface area contributed by atoms with Crippen LogP contribution in [0.5, 0.6) is 0 Å². The zero-order valence-electron chi connectivity index (χ0n) is 9.41. The SMILES string of the molecule is Cc1ccc(Nc2snc(C)c2C#N)cc1Br. The number of anilines is 2. The third-order valence-electron chi connectivity index (χ3n) is 2.40. The highest BCUT2D eigenvalue weighted by Crippen LogP contribution is 2.29. The lowest BCUT2D eigenvalue weighted by Gasteiger charge is -2.05. The normalized spacial score (nSPS) is 10.0. The molecule has 0 aliphatic carbocycles. The molecule has 0 radical (unpaired) electrons. The fourth-order valence-corrected chi connectivity index (χ4v) is 2.53. The third kappa shape index (κ3) is 2.48. The number of nitrogens with one attached hydrogen (secondary N) is 1. The van der Waals surface area contributed by atoms with Crippen molar-refractivity contribution in [3.05, 3.63) is 39.5 Å². The topological polar surface area (TPSA) is 48.7 Å². The second kappa shape index (κ2) is 4.86. The maximum atomic E-state index is 9.03. The van der Waals surface area contributed by atoms with Gasteiger partial charge in [-0.2, -0.15) is 9.64 Å². The Balaban J connectivity index is 2.32. The Bertz CT molecular complexity index is 598. The summed E-state index contributed by atoms with van der Waals surface area (Å²) < 4.78 is 5.21. The van der Waals surface area contributed by atoms with Crippen molar-refractivity contribution in [2.45, 2.75) is 13.8 Å². The minimum Gasteiger partial charge on any atom is -0.345 e. The standard InChI is InChI=1S/C12H10BrN3S/c1-7-3-4-9(5-11(7)13)15-12-10(6-14)8(2)16-17-12/h3-5,15H,1-2H3. The van der Waals surface area contributed by atoms with E-state index < -0.39 is 0 Å². The number of hydrogen-bond donors (Lipinski definition) is 1. The van der Waals surface area contributed by atoms with Gasteiger partial charge in [0, 0.05) is 10.2 Å². The number of rotatable bonds is 2. The van der Waals surface area contributed by atoms with Gasteiger partial charge in [-0.1, -0.05) is 22.0 Å². The molecule has 0 atom stereocenters. The first-order valence-corrected chi connectivity index (χ1v) is 6.58. The van der Waals surface area contributed by atoms with E-state index in [9.17, 15) is 0 Å². The van der Waals surface area contributed by atoms with Gasteiger partial charge in [0.25, 0.3) is 0 Å². The average Bonchev–Trinajstić information content (AvgIpc) is 2.64. The van der Waals surface area contributed by atoms with Gasteiger partial charge in [-0.25, -0.2) is 0 Å². The first-order chi connectivity index (χ1) is 8.11. The lowest BCUT2D eigenvalue weighted by atomic mass is 10.2. The van der Waals surface area contributed by atoms with Crippen LogP contribution in [0.2, 0.25) is 0 Å². The molecule has 0 unspecified atom stereocenters. The molecule has 1 aromatic carbocycles. The van der Waals surface area contributed by atoms with Crippen molar-refractivity contribution >= 4 is 38.2 Å². The molecule has 17 heavy (non-hydrogen) atoms. The predicted octanol–water partition coefficient (Wildman–Crippen LogP) is 4.14. The van der Waals surface area contributed by atoms with Crippen LogP contribution >= 0.6 is 27.5 Å². The molecule has 2 rings (SSSR count). The van der Waals surface area contributed by atoms with Crippen molar-refractivity contribution in [1.29, 1.82) is 5.26 Å². The van der Waals surface area contributed by atoms with Crippen LogP contribution in [0.25, 0.3) is 0 Å². The molecule has 0 saturated carbocycles. The summed E-state index contributed by atoms with van der Waals surface area (Å²) in [4.78, 5) is 0. The molecule has 0 amide bonds. The van der Waals surface area contributed by atoms with Gasteiger partial charge in [-0.05, 0) is 43.1 Å². The minimum absolute atomic E-state index is 0.617. The largest absolute Gasteiger partial charge is 0.345 e. The number of benzene rings is 1. The molecule has 0 spiro atoms. The van der Waals surface area contributed by atoms with E-state index in [1.54, 1.807) is 0 Å². The molecule has 3 nitrogen and oxygen atoms in total. The van der Waals surface area contributed by atoms with E-state index in [1.807, 2.05) is 32.0 Å². The number of hydrogen-bond acceptors (Lipinski definition) is 4. The van der Waals surface area contributed by atoms with Gasteiger partial charge in [0.05, 0.1) is 5.69 Å². The van der Waals surface area contributed by atoms with Crippen molar-refractivity contribution in [1.82, 2.24) is 4.37 Å². The Morgan fingerprint density at radius 1 is 1.41 bits per heavy atom. The minimum atomic E-state index is 0.617. The summed E-state index contributed by atoms with van der Waals surface area (Å²) in [5, 5.41) is 13.0.